The third-order valence-corrected chi connectivity index (χ3v) is 4.80. The summed E-state index contributed by atoms with van der Waals surface area (Å²) in [5.41, 5.74) is 4.70. The van der Waals surface area contributed by atoms with Gasteiger partial charge in [0.15, 0.2) is 0 Å². The lowest BCUT2D eigenvalue weighted by atomic mass is 9.97. The monoisotopic (exact) mass is 358 g/mol. The normalized spacial score (nSPS) is 11.0. The lowest BCUT2D eigenvalue weighted by Crippen LogP contribution is -2.37. The van der Waals surface area contributed by atoms with E-state index in [4.69, 9.17) is 0 Å². The predicted molar refractivity (Wildman–Crippen MR) is 110 cm³/mol. The number of benzene rings is 3. The van der Waals surface area contributed by atoms with E-state index in [9.17, 15) is 4.79 Å². The lowest BCUT2D eigenvalue weighted by molar-refractivity contribution is -0.122. The summed E-state index contributed by atoms with van der Waals surface area (Å²) in [7, 11) is 2.00. The summed E-state index contributed by atoms with van der Waals surface area (Å²) in [4.78, 5) is 14.6. The van der Waals surface area contributed by atoms with E-state index >= 15 is 0 Å². The Bertz CT molecular complexity index is 822. The van der Waals surface area contributed by atoms with Crippen LogP contribution in [0.4, 0.5) is 0 Å². The molecule has 3 aromatic carbocycles. The maximum atomic E-state index is 12.6. The highest BCUT2D eigenvalue weighted by Gasteiger charge is 2.21. The zero-order chi connectivity index (χ0) is 19.1. The molecule has 0 saturated carbocycles. The first-order chi connectivity index (χ1) is 13.1. The highest BCUT2D eigenvalue weighted by molar-refractivity contribution is 5.78. The average Bonchev–Trinajstić information content (AvgIpc) is 2.69. The SMILES string of the molecule is Cc1ccccc1CNC(=O)CN(C)C(c1ccccc1)c1ccccc1. The third-order valence-electron chi connectivity index (χ3n) is 4.80. The molecule has 1 amide bonds. The van der Waals surface area contributed by atoms with E-state index in [1.165, 1.54) is 16.7 Å². The molecular formula is C24H26N2O. The maximum absolute atomic E-state index is 12.6. The summed E-state index contributed by atoms with van der Waals surface area (Å²) in [5, 5.41) is 3.05. The summed E-state index contributed by atoms with van der Waals surface area (Å²) < 4.78 is 0. The second-order valence-electron chi connectivity index (χ2n) is 6.84. The van der Waals surface area contributed by atoms with Gasteiger partial charge in [0.1, 0.15) is 0 Å². The van der Waals surface area contributed by atoms with E-state index in [2.05, 4.69) is 53.5 Å². The topological polar surface area (TPSA) is 32.3 Å². The van der Waals surface area contributed by atoms with Crippen molar-refractivity contribution in [3.63, 3.8) is 0 Å². The van der Waals surface area contributed by atoms with Gasteiger partial charge in [-0.1, -0.05) is 84.9 Å². The first-order valence-corrected chi connectivity index (χ1v) is 9.26. The van der Waals surface area contributed by atoms with Crippen molar-refractivity contribution in [1.82, 2.24) is 10.2 Å². The van der Waals surface area contributed by atoms with E-state index in [1.807, 2.05) is 55.6 Å². The highest BCUT2D eigenvalue weighted by atomic mass is 16.2. The van der Waals surface area contributed by atoms with Crippen LogP contribution in [0.15, 0.2) is 84.9 Å². The Kier molecular flexibility index (Phi) is 6.39. The van der Waals surface area contributed by atoms with Crippen molar-refractivity contribution in [2.24, 2.45) is 0 Å². The Labute approximate surface area is 161 Å². The number of amides is 1. The Hall–Kier alpha value is -2.91. The molecule has 0 aromatic heterocycles. The summed E-state index contributed by atoms with van der Waals surface area (Å²) in [6.07, 6.45) is 0. The Balaban J connectivity index is 1.70. The second kappa shape index (κ2) is 9.15. The molecule has 0 aliphatic carbocycles. The van der Waals surface area contributed by atoms with Crippen molar-refractivity contribution in [1.29, 1.82) is 0 Å². The Morgan fingerprint density at radius 2 is 1.37 bits per heavy atom. The van der Waals surface area contributed by atoms with Crippen LogP contribution in [0, 0.1) is 6.92 Å². The smallest absolute Gasteiger partial charge is 0.234 e. The summed E-state index contributed by atoms with van der Waals surface area (Å²) >= 11 is 0. The lowest BCUT2D eigenvalue weighted by Gasteiger charge is -2.28. The van der Waals surface area contributed by atoms with Crippen molar-refractivity contribution < 1.29 is 4.79 Å². The van der Waals surface area contributed by atoms with Crippen LogP contribution in [-0.4, -0.2) is 24.4 Å². The molecule has 0 spiro atoms. The molecule has 0 fully saturated rings. The van der Waals surface area contributed by atoms with Gasteiger partial charge in [0, 0.05) is 6.54 Å². The van der Waals surface area contributed by atoms with Crippen LogP contribution in [0.2, 0.25) is 0 Å². The zero-order valence-electron chi connectivity index (χ0n) is 15.9. The van der Waals surface area contributed by atoms with Gasteiger partial charge < -0.3 is 5.32 Å². The number of carbonyl (C=O) groups excluding carboxylic acids is 1. The van der Waals surface area contributed by atoms with Gasteiger partial charge in [-0.05, 0) is 36.2 Å². The van der Waals surface area contributed by atoms with E-state index in [0.717, 1.165) is 5.56 Å². The molecule has 1 N–H and O–H groups in total. The highest BCUT2D eigenvalue weighted by Crippen LogP contribution is 2.27. The standard InChI is InChI=1S/C24H26N2O/c1-19-11-9-10-16-22(19)17-25-23(27)18-26(2)24(20-12-5-3-6-13-20)21-14-7-4-8-15-21/h3-16,24H,17-18H2,1-2H3,(H,25,27). The summed E-state index contributed by atoms with van der Waals surface area (Å²) in [6, 6.07) is 28.8. The molecule has 0 bridgehead atoms. The minimum Gasteiger partial charge on any atom is -0.351 e. The molecule has 0 radical (unpaired) electrons. The summed E-state index contributed by atoms with van der Waals surface area (Å²) in [5.74, 6) is 0.0256. The fraction of sp³-hybridized carbons (Fsp3) is 0.208. The molecule has 0 unspecified atom stereocenters. The molecule has 0 saturated heterocycles. The van der Waals surface area contributed by atoms with Crippen molar-refractivity contribution in [3.05, 3.63) is 107 Å². The summed E-state index contributed by atoms with van der Waals surface area (Å²) in [6.45, 7) is 2.95. The fourth-order valence-corrected chi connectivity index (χ4v) is 3.35. The maximum Gasteiger partial charge on any atom is 0.234 e. The number of aryl methyl sites for hydroxylation is 1. The molecule has 3 rings (SSSR count). The molecule has 138 valence electrons. The number of carbonyl (C=O) groups is 1. The zero-order valence-corrected chi connectivity index (χ0v) is 15.9. The van der Waals surface area contributed by atoms with E-state index in [-0.39, 0.29) is 11.9 Å². The van der Waals surface area contributed by atoms with E-state index in [0.29, 0.717) is 13.1 Å². The van der Waals surface area contributed by atoms with Crippen molar-refractivity contribution in [2.75, 3.05) is 13.6 Å². The molecule has 3 heteroatoms. The quantitative estimate of drug-likeness (QED) is 0.682. The largest absolute Gasteiger partial charge is 0.351 e. The van der Waals surface area contributed by atoms with Crippen LogP contribution in [-0.2, 0) is 11.3 Å². The molecule has 0 aliphatic heterocycles. The van der Waals surface area contributed by atoms with Gasteiger partial charge >= 0.3 is 0 Å². The number of nitrogens with zero attached hydrogens (tertiary/aromatic N) is 1. The fourth-order valence-electron chi connectivity index (χ4n) is 3.35. The first-order valence-electron chi connectivity index (χ1n) is 9.26. The van der Waals surface area contributed by atoms with E-state index in [1.54, 1.807) is 0 Å². The Morgan fingerprint density at radius 1 is 0.852 bits per heavy atom. The number of hydrogen-bond donors (Lipinski definition) is 1. The molecule has 3 aromatic rings. The Morgan fingerprint density at radius 3 is 1.93 bits per heavy atom. The van der Waals surface area contributed by atoms with Gasteiger partial charge in [0.05, 0.1) is 12.6 Å². The molecule has 0 heterocycles. The van der Waals surface area contributed by atoms with Gasteiger partial charge in [-0.25, -0.2) is 0 Å². The number of likely N-dealkylation sites (N-methyl/N-ethyl adjacent to an activating group) is 1. The molecule has 0 atom stereocenters. The third kappa shape index (κ3) is 5.05. The van der Waals surface area contributed by atoms with Crippen molar-refractivity contribution in [2.45, 2.75) is 19.5 Å². The van der Waals surface area contributed by atoms with Gasteiger partial charge in [-0.15, -0.1) is 0 Å². The van der Waals surface area contributed by atoms with Crippen LogP contribution < -0.4 is 5.32 Å². The van der Waals surface area contributed by atoms with E-state index < -0.39 is 0 Å². The van der Waals surface area contributed by atoms with Gasteiger partial charge in [-0.2, -0.15) is 0 Å². The van der Waals surface area contributed by atoms with Gasteiger partial charge in [-0.3, -0.25) is 9.69 Å². The molecule has 27 heavy (non-hydrogen) atoms. The average molecular weight is 358 g/mol. The van der Waals surface area contributed by atoms with Crippen molar-refractivity contribution >= 4 is 5.91 Å². The van der Waals surface area contributed by atoms with Gasteiger partial charge in [0.25, 0.3) is 0 Å². The molecular weight excluding hydrogens is 332 g/mol. The van der Waals surface area contributed by atoms with Crippen LogP contribution in [0.25, 0.3) is 0 Å². The number of rotatable bonds is 7. The minimum atomic E-state index is 0.0256. The van der Waals surface area contributed by atoms with Crippen molar-refractivity contribution in [3.8, 4) is 0 Å². The van der Waals surface area contributed by atoms with Crippen LogP contribution in [0.5, 0.6) is 0 Å². The van der Waals surface area contributed by atoms with Crippen LogP contribution in [0.3, 0.4) is 0 Å². The van der Waals surface area contributed by atoms with Gasteiger partial charge in [0.2, 0.25) is 5.91 Å². The number of nitrogens with one attached hydrogen (secondary N) is 1. The molecule has 3 nitrogen and oxygen atoms in total. The minimum absolute atomic E-state index is 0.0256. The molecule has 0 aliphatic rings. The first kappa shape index (κ1) is 18.9. The number of hydrogen-bond acceptors (Lipinski definition) is 2. The van der Waals surface area contributed by atoms with Crippen LogP contribution >= 0.6 is 0 Å². The predicted octanol–water partition coefficient (Wildman–Crippen LogP) is 4.33. The second-order valence-corrected chi connectivity index (χ2v) is 6.84. The van der Waals surface area contributed by atoms with Crippen LogP contribution in [0.1, 0.15) is 28.3 Å².